The number of nitrogens with two attached hydrogens (primary N) is 1. The number of fused-ring (bicyclic) bond motifs is 1. The van der Waals surface area contributed by atoms with E-state index >= 15 is 0 Å². The average Bonchev–Trinajstić information content (AvgIpc) is 3.47. The molecule has 4 atom stereocenters. The molecule has 1 fully saturated rings. The number of aliphatic hydroxyl groups excluding tert-OH is 1. The smallest absolute Gasteiger partial charge is 0.333 e. The quantitative estimate of drug-likeness (QED) is 0.318. The van der Waals surface area contributed by atoms with Gasteiger partial charge in [0, 0.05) is 34.7 Å². The number of nitrogens with one attached hydrogen (secondary N) is 1. The SMILES string of the molecule is COc1ccc2c(n1)[C@H](c1cc(C(=O)c3cncnc3N[C@@H]3C[C@H](COS(N)(=O)=O)[C@@H](O)C3)sc1C)OCC2. The van der Waals surface area contributed by atoms with Gasteiger partial charge in [-0.15, -0.1) is 11.3 Å². The Bertz CT molecular complexity index is 1480. The fourth-order valence-corrected chi connectivity index (χ4v) is 6.39. The van der Waals surface area contributed by atoms with E-state index in [2.05, 4.69) is 24.5 Å². The number of methoxy groups -OCH3 is 1. The lowest BCUT2D eigenvalue weighted by atomic mass is 9.97. The highest BCUT2D eigenvalue weighted by Crippen LogP contribution is 2.38. The maximum absolute atomic E-state index is 13.6. The predicted octanol–water partition coefficient (Wildman–Crippen LogP) is 1.91. The first-order valence-corrected chi connectivity index (χ1v) is 14.6. The summed E-state index contributed by atoms with van der Waals surface area (Å²) in [5, 5.41) is 18.5. The van der Waals surface area contributed by atoms with E-state index in [0.29, 0.717) is 36.0 Å². The molecule has 0 bridgehead atoms. The molecule has 3 aromatic rings. The molecule has 0 spiro atoms. The molecule has 1 aliphatic heterocycles. The maximum Gasteiger partial charge on any atom is 0.333 e. The minimum atomic E-state index is -4.10. The van der Waals surface area contributed by atoms with E-state index in [4.69, 9.17) is 14.6 Å². The highest BCUT2D eigenvalue weighted by Gasteiger charge is 2.35. The van der Waals surface area contributed by atoms with Crippen LogP contribution in [0.4, 0.5) is 5.82 Å². The maximum atomic E-state index is 13.6. The Morgan fingerprint density at radius 1 is 1.33 bits per heavy atom. The van der Waals surface area contributed by atoms with Crippen LogP contribution in [0.15, 0.2) is 30.7 Å². The van der Waals surface area contributed by atoms with Gasteiger partial charge in [0.15, 0.2) is 0 Å². The standard InChI is InChI=1S/C25H29N5O7S2/c1-13-17(24-22-14(5-6-36-24)3-4-21(30-22)35-2)9-20(38-13)23(32)18-10-27-12-28-25(18)29-16-7-15(19(31)8-16)11-37-39(26,33)34/h3-4,9-10,12,15-16,19,24,31H,5-8,11H2,1-2H3,(H2,26,33,34)(H,27,28,29)/t15-,16-,19+,24+/m1/s1. The molecular weight excluding hydrogens is 546 g/mol. The fraction of sp³-hybridized carbons (Fsp3) is 0.440. The van der Waals surface area contributed by atoms with Crippen LogP contribution in [-0.2, 0) is 25.6 Å². The lowest BCUT2D eigenvalue weighted by Crippen LogP contribution is -2.24. The van der Waals surface area contributed by atoms with Crippen LogP contribution in [-0.4, -0.2) is 66.7 Å². The third kappa shape index (κ3) is 6.10. The van der Waals surface area contributed by atoms with Crippen molar-refractivity contribution in [3.05, 3.63) is 62.9 Å². The zero-order chi connectivity index (χ0) is 27.7. The average molecular weight is 576 g/mol. The van der Waals surface area contributed by atoms with Gasteiger partial charge in [0.25, 0.3) is 0 Å². The number of carbonyl (C=O) groups excluding carboxylic acids is 1. The van der Waals surface area contributed by atoms with Gasteiger partial charge in [-0.2, -0.15) is 8.42 Å². The Morgan fingerprint density at radius 3 is 2.92 bits per heavy atom. The van der Waals surface area contributed by atoms with Crippen molar-refractivity contribution in [3.8, 4) is 5.88 Å². The molecule has 0 aromatic carbocycles. The van der Waals surface area contributed by atoms with Crippen molar-refractivity contribution in [2.75, 3.05) is 25.6 Å². The van der Waals surface area contributed by atoms with E-state index in [1.165, 1.54) is 23.9 Å². The molecule has 1 saturated carbocycles. The molecule has 0 unspecified atom stereocenters. The lowest BCUT2D eigenvalue weighted by Gasteiger charge is -2.25. The Hall–Kier alpha value is -3.01. The summed E-state index contributed by atoms with van der Waals surface area (Å²) in [5.74, 6) is 0.147. The topological polar surface area (TPSA) is 176 Å². The molecule has 2 aliphatic rings. The molecular formula is C25H29N5O7S2. The van der Waals surface area contributed by atoms with Crippen molar-refractivity contribution in [1.29, 1.82) is 0 Å². The number of thiophene rings is 1. The third-order valence-corrected chi connectivity index (χ3v) is 8.49. The fourth-order valence-electron chi connectivity index (χ4n) is 5.03. The highest BCUT2D eigenvalue weighted by molar-refractivity contribution is 7.84. The summed E-state index contributed by atoms with van der Waals surface area (Å²) in [7, 11) is -2.54. The number of anilines is 1. The van der Waals surface area contributed by atoms with Crippen LogP contribution >= 0.6 is 11.3 Å². The minimum Gasteiger partial charge on any atom is -0.481 e. The molecule has 1 aliphatic carbocycles. The zero-order valence-electron chi connectivity index (χ0n) is 21.4. The van der Waals surface area contributed by atoms with Crippen molar-refractivity contribution in [3.63, 3.8) is 0 Å². The normalized spacial score (nSPS) is 22.9. The second-order valence-corrected chi connectivity index (χ2v) is 12.0. The Balaban J connectivity index is 1.35. The van der Waals surface area contributed by atoms with Crippen molar-refractivity contribution >= 4 is 33.2 Å². The molecule has 4 heterocycles. The first-order valence-electron chi connectivity index (χ1n) is 12.3. The first kappa shape index (κ1) is 27.6. The zero-order valence-corrected chi connectivity index (χ0v) is 23.0. The van der Waals surface area contributed by atoms with E-state index in [1.54, 1.807) is 7.11 Å². The predicted molar refractivity (Wildman–Crippen MR) is 142 cm³/mol. The van der Waals surface area contributed by atoms with E-state index in [0.717, 1.165) is 28.1 Å². The van der Waals surface area contributed by atoms with Crippen molar-refractivity contribution in [2.45, 2.75) is 44.4 Å². The number of hydrogen-bond acceptors (Lipinski definition) is 12. The van der Waals surface area contributed by atoms with Crippen LogP contribution in [0.25, 0.3) is 0 Å². The minimum absolute atomic E-state index is 0.224. The number of rotatable bonds is 9. The van der Waals surface area contributed by atoms with Crippen LogP contribution in [0.2, 0.25) is 0 Å². The number of aliphatic hydroxyl groups is 1. The van der Waals surface area contributed by atoms with Crippen LogP contribution in [0.5, 0.6) is 5.88 Å². The van der Waals surface area contributed by atoms with Gasteiger partial charge in [0.1, 0.15) is 18.2 Å². The molecule has 0 saturated heterocycles. The number of hydrogen-bond donors (Lipinski definition) is 3. The molecule has 14 heteroatoms. The molecule has 208 valence electrons. The summed E-state index contributed by atoms with van der Waals surface area (Å²) < 4.78 is 38.3. The number of nitrogens with zero attached hydrogens (tertiary/aromatic N) is 3. The molecule has 3 aromatic heterocycles. The van der Waals surface area contributed by atoms with E-state index in [9.17, 15) is 18.3 Å². The van der Waals surface area contributed by atoms with Crippen LogP contribution < -0.4 is 15.2 Å². The molecule has 39 heavy (non-hydrogen) atoms. The van der Waals surface area contributed by atoms with Crippen LogP contribution in [0, 0.1) is 12.8 Å². The molecule has 4 N–H and O–H groups in total. The third-order valence-electron chi connectivity index (χ3n) is 6.96. The van der Waals surface area contributed by atoms with Gasteiger partial charge in [0.2, 0.25) is 11.7 Å². The van der Waals surface area contributed by atoms with Crippen molar-refractivity contribution in [2.24, 2.45) is 11.1 Å². The largest absolute Gasteiger partial charge is 0.481 e. The monoisotopic (exact) mass is 575 g/mol. The molecule has 5 rings (SSSR count). The first-order chi connectivity index (χ1) is 18.6. The number of pyridine rings is 1. The molecule has 0 amide bonds. The number of aromatic nitrogens is 3. The van der Waals surface area contributed by atoms with E-state index in [-0.39, 0.29) is 24.0 Å². The Labute approximate surface area is 229 Å². The van der Waals surface area contributed by atoms with Gasteiger partial charge in [-0.05, 0) is 37.8 Å². The van der Waals surface area contributed by atoms with E-state index < -0.39 is 28.4 Å². The molecule has 12 nitrogen and oxygen atoms in total. The summed E-state index contributed by atoms with van der Waals surface area (Å²) in [6, 6.07) is 5.40. The molecule has 0 radical (unpaired) electrons. The van der Waals surface area contributed by atoms with Gasteiger partial charge >= 0.3 is 10.3 Å². The van der Waals surface area contributed by atoms with Gasteiger partial charge in [0.05, 0.1) is 42.6 Å². The Morgan fingerprint density at radius 2 is 2.15 bits per heavy atom. The number of ether oxygens (including phenoxy) is 2. The second-order valence-electron chi connectivity index (χ2n) is 9.55. The van der Waals surface area contributed by atoms with Gasteiger partial charge in [-0.3, -0.25) is 8.98 Å². The van der Waals surface area contributed by atoms with E-state index in [1.807, 2.05) is 25.1 Å². The summed E-state index contributed by atoms with van der Waals surface area (Å²) >= 11 is 1.36. The number of aryl methyl sites for hydroxylation is 1. The number of carbonyl (C=O) groups is 1. The summed E-state index contributed by atoms with van der Waals surface area (Å²) in [6.45, 7) is 2.26. The number of ketones is 1. The lowest BCUT2D eigenvalue weighted by molar-refractivity contribution is 0.0658. The van der Waals surface area contributed by atoms with Gasteiger partial charge < -0.3 is 19.9 Å². The second kappa shape index (κ2) is 11.2. The van der Waals surface area contributed by atoms with Crippen LogP contribution in [0.3, 0.4) is 0 Å². The summed E-state index contributed by atoms with van der Waals surface area (Å²) in [5.41, 5.74) is 3.02. The van der Waals surface area contributed by atoms with Gasteiger partial charge in [-0.1, -0.05) is 6.07 Å². The van der Waals surface area contributed by atoms with Crippen molar-refractivity contribution in [1.82, 2.24) is 15.0 Å². The highest BCUT2D eigenvalue weighted by atomic mass is 32.2. The summed E-state index contributed by atoms with van der Waals surface area (Å²) in [6.07, 6.45) is 3.07. The Kier molecular flexibility index (Phi) is 7.94. The van der Waals surface area contributed by atoms with Gasteiger partial charge in [-0.25, -0.2) is 20.1 Å². The van der Waals surface area contributed by atoms with Crippen LogP contribution in [0.1, 0.15) is 55.9 Å². The van der Waals surface area contributed by atoms with Crippen molar-refractivity contribution < 1.29 is 32.0 Å². The summed E-state index contributed by atoms with van der Waals surface area (Å²) in [4.78, 5) is 28.0.